The molecule has 1 aromatic carbocycles. The molecule has 0 spiro atoms. The number of hydrogen-bond donors (Lipinski definition) is 3. The van der Waals surface area contributed by atoms with E-state index in [1.54, 1.807) is 19.1 Å². The Morgan fingerprint density at radius 2 is 2.06 bits per heavy atom. The van der Waals surface area contributed by atoms with E-state index < -0.39 is 17.6 Å². The number of rotatable bonds is 4. The molecule has 0 heterocycles. The molecule has 0 aromatic heterocycles. The lowest BCUT2D eigenvalue weighted by molar-refractivity contribution is -0.123. The molecule has 0 radical (unpaired) electrons. The maximum absolute atomic E-state index is 13.4. The average Bonchev–Trinajstić information content (AvgIpc) is 2.31. The quantitative estimate of drug-likeness (QED) is 0.699. The Bertz CT molecular complexity index is 414. The van der Waals surface area contributed by atoms with Gasteiger partial charge in [0, 0.05) is 0 Å². The molecule has 4 N–H and O–H groups in total. The molecule has 92 valence electrons. The van der Waals surface area contributed by atoms with Gasteiger partial charge in [0.05, 0.1) is 18.8 Å². The topological polar surface area (TPSA) is 84.2 Å². The fourth-order valence-corrected chi connectivity index (χ4v) is 1.22. The molecule has 1 aromatic rings. The Morgan fingerprint density at radius 1 is 1.35 bits per heavy atom. The van der Waals surface area contributed by atoms with Gasteiger partial charge >= 0.3 is 0 Å². The molecule has 0 saturated heterocycles. The third-order valence-electron chi connectivity index (χ3n) is 2.12. The molecular weight excluding hydrogens is 225 g/mol. The van der Waals surface area contributed by atoms with Gasteiger partial charge in [0.2, 0.25) is 11.8 Å². The maximum atomic E-state index is 13.4. The first-order valence-electron chi connectivity index (χ1n) is 5.06. The van der Waals surface area contributed by atoms with E-state index in [-0.39, 0.29) is 18.8 Å². The van der Waals surface area contributed by atoms with E-state index in [4.69, 9.17) is 5.73 Å². The smallest absolute Gasteiger partial charge is 0.243 e. The van der Waals surface area contributed by atoms with Crippen LogP contribution in [-0.2, 0) is 9.59 Å². The Hall–Kier alpha value is -1.95. The fourth-order valence-electron chi connectivity index (χ4n) is 1.22. The van der Waals surface area contributed by atoms with Crippen LogP contribution in [0.4, 0.5) is 10.1 Å². The molecule has 5 nitrogen and oxygen atoms in total. The van der Waals surface area contributed by atoms with Gasteiger partial charge in [-0.3, -0.25) is 9.59 Å². The average molecular weight is 239 g/mol. The van der Waals surface area contributed by atoms with Crippen LogP contribution >= 0.6 is 0 Å². The van der Waals surface area contributed by atoms with Crippen molar-refractivity contribution in [2.45, 2.75) is 6.92 Å². The Kier molecular flexibility index (Phi) is 4.59. The summed E-state index contributed by atoms with van der Waals surface area (Å²) in [5.41, 5.74) is 5.79. The SMILES string of the molecule is Cc1cccc(F)c1NC(=O)CNC(=O)CN. The largest absolute Gasteiger partial charge is 0.346 e. The summed E-state index contributed by atoms with van der Waals surface area (Å²) >= 11 is 0. The van der Waals surface area contributed by atoms with Crippen molar-refractivity contribution < 1.29 is 14.0 Å². The number of nitrogens with one attached hydrogen (secondary N) is 2. The standard InChI is InChI=1S/C11H14FN3O2/c1-7-3-2-4-8(12)11(7)15-10(17)6-14-9(16)5-13/h2-4H,5-6,13H2,1H3,(H,14,16)(H,15,17). The van der Waals surface area contributed by atoms with Crippen molar-refractivity contribution in [3.63, 3.8) is 0 Å². The van der Waals surface area contributed by atoms with Crippen LogP contribution in [0.2, 0.25) is 0 Å². The van der Waals surface area contributed by atoms with Crippen molar-refractivity contribution in [2.75, 3.05) is 18.4 Å². The lowest BCUT2D eigenvalue weighted by Gasteiger charge is -2.09. The van der Waals surface area contributed by atoms with E-state index in [0.29, 0.717) is 5.56 Å². The summed E-state index contributed by atoms with van der Waals surface area (Å²) in [7, 11) is 0. The van der Waals surface area contributed by atoms with E-state index in [2.05, 4.69) is 10.6 Å². The summed E-state index contributed by atoms with van der Waals surface area (Å²) in [5, 5.41) is 4.68. The van der Waals surface area contributed by atoms with Crippen LogP contribution in [0.15, 0.2) is 18.2 Å². The van der Waals surface area contributed by atoms with Crippen LogP contribution in [0.3, 0.4) is 0 Å². The molecule has 0 bridgehead atoms. The van der Waals surface area contributed by atoms with Crippen molar-refractivity contribution in [1.29, 1.82) is 0 Å². The second-order valence-corrected chi connectivity index (χ2v) is 3.46. The second-order valence-electron chi connectivity index (χ2n) is 3.46. The molecule has 0 aliphatic heterocycles. The zero-order chi connectivity index (χ0) is 12.8. The number of anilines is 1. The number of aryl methyl sites for hydroxylation is 1. The van der Waals surface area contributed by atoms with Crippen molar-refractivity contribution in [3.8, 4) is 0 Å². The summed E-state index contributed by atoms with van der Waals surface area (Å²) in [6.07, 6.45) is 0. The van der Waals surface area contributed by atoms with Gasteiger partial charge in [0.15, 0.2) is 0 Å². The van der Waals surface area contributed by atoms with Crippen LogP contribution < -0.4 is 16.4 Å². The number of hydrogen-bond acceptors (Lipinski definition) is 3. The predicted molar refractivity (Wildman–Crippen MR) is 61.8 cm³/mol. The minimum Gasteiger partial charge on any atom is -0.346 e. The molecule has 0 aliphatic rings. The summed E-state index contributed by atoms with van der Waals surface area (Å²) in [5.74, 6) is -1.45. The lowest BCUT2D eigenvalue weighted by atomic mass is 10.2. The van der Waals surface area contributed by atoms with Gasteiger partial charge in [-0.1, -0.05) is 12.1 Å². The maximum Gasteiger partial charge on any atom is 0.243 e. The molecule has 0 saturated carbocycles. The molecule has 17 heavy (non-hydrogen) atoms. The van der Waals surface area contributed by atoms with Gasteiger partial charge < -0.3 is 16.4 Å². The molecule has 2 amide bonds. The summed E-state index contributed by atoms with van der Waals surface area (Å²) in [6.45, 7) is 1.26. The summed E-state index contributed by atoms with van der Waals surface area (Å²) in [6, 6.07) is 4.48. The minimum atomic E-state index is -0.511. The van der Waals surface area contributed by atoms with Gasteiger partial charge in [-0.25, -0.2) is 4.39 Å². The molecule has 0 fully saturated rings. The van der Waals surface area contributed by atoms with Gasteiger partial charge in [0.25, 0.3) is 0 Å². The van der Waals surface area contributed by atoms with Gasteiger partial charge in [-0.15, -0.1) is 0 Å². The number of carbonyl (C=O) groups excluding carboxylic acids is 2. The lowest BCUT2D eigenvalue weighted by Crippen LogP contribution is -2.36. The van der Waals surface area contributed by atoms with Crippen LogP contribution in [0.1, 0.15) is 5.56 Å². The number of carbonyl (C=O) groups is 2. The zero-order valence-electron chi connectivity index (χ0n) is 9.42. The highest BCUT2D eigenvalue weighted by Gasteiger charge is 2.09. The number of nitrogens with two attached hydrogens (primary N) is 1. The number of halogens is 1. The first kappa shape index (κ1) is 13.1. The van der Waals surface area contributed by atoms with E-state index in [1.165, 1.54) is 6.07 Å². The predicted octanol–water partition coefficient (Wildman–Crippen LogP) is 0.148. The van der Waals surface area contributed by atoms with Gasteiger partial charge in [-0.2, -0.15) is 0 Å². The van der Waals surface area contributed by atoms with Crippen LogP contribution in [0, 0.1) is 12.7 Å². The third-order valence-corrected chi connectivity index (χ3v) is 2.12. The van der Waals surface area contributed by atoms with Crippen molar-refractivity contribution in [3.05, 3.63) is 29.6 Å². The molecule has 6 heteroatoms. The zero-order valence-corrected chi connectivity index (χ0v) is 9.42. The number of amides is 2. The van der Waals surface area contributed by atoms with Crippen LogP contribution in [-0.4, -0.2) is 24.9 Å². The summed E-state index contributed by atoms with van der Waals surface area (Å²) in [4.78, 5) is 22.2. The first-order chi connectivity index (χ1) is 8.04. The second kappa shape index (κ2) is 5.95. The first-order valence-corrected chi connectivity index (χ1v) is 5.06. The Labute approximate surface area is 98.2 Å². The molecule has 0 unspecified atom stereocenters. The number of para-hydroxylation sites is 1. The van der Waals surface area contributed by atoms with E-state index >= 15 is 0 Å². The fraction of sp³-hybridized carbons (Fsp3) is 0.273. The van der Waals surface area contributed by atoms with Gasteiger partial charge in [-0.05, 0) is 18.6 Å². The summed E-state index contributed by atoms with van der Waals surface area (Å²) < 4.78 is 13.4. The normalized spacial score (nSPS) is 9.82. The van der Waals surface area contributed by atoms with Crippen molar-refractivity contribution in [2.24, 2.45) is 5.73 Å². The highest BCUT2D eigenvalue weighted by Crippen LogP contribution is 2.18. The molecule has 0 atom stereocenters. The van der Waals surface area contributed by atoms with Crippen LogP contribution in [0.25, 0.3) is 0 Å². The van der Waals surface area contributed by atoms with Crippen molar-refractivity contribution in [1.82, 2.24) is 5.32 Å². The number of benzene rings is 1. The molecule has 0 aliphatic carbocycles. The minimum absolute atomic E-state index is 0.125. The van der Waals surface area contributed by atoms with E-state index in [0.717, 1.165) is 0 Å². The Morgan fingerprint density at radius 3 is 2.65 bits per heavy atom. The highest BCUT2D eigenvalue weighted by molar-refractivity contribution is 5.95. The molecule has 1 rings (SSSR count). The molecular formula is C11H14FN3O2. The van der Waals surface area contributed by atoms with E-state index in [1.807, 2.05) is 0 Å². The van der Waals surface area contributed by atoms with Crippen LogP contribution in [0.5, 0.6) is 0 Å². The van der Waals surface area contributed by atoms with Crippen molar-refractivity contribution >= 4 is 17.5 Å². The third kappa shape index (κ3) is 3.84. The van der Waals surface area contributed by atoms with Gasteiger partial charge in [0.1, 0.15) is 5.82 Å². The Balaban J connectivity index is 2.59. The highest BCUT2D eigenvalue weighted by atomic mass is 19.1. The van der Waals surface area contributed by atoms with E-state index in [9.17, 15) is 14.0 Å². The monoisotopic (exact) mass is 239 g/mol.